The number of fused-ring (bicyclic) bond motifs is 1. The quantitative estimate of drug-likeness (QED) is 0.612. The fraction of sp³-hybridized carbons (Fsp3) is 0.250. The highest BCUT2D eigenvalue weighted by atomic mass is 35.5. The first kappa shape index (κ1) is 8.82. The van der Waals surface area contributed by atoms with Gasteiger partial charge in [-0.15, -0.1) is 22.7 Å². The Bertz CT molecular complexity index is 397. The van der Waals surface area contributed by atoms with Crippen molar-refractivity contribution in [1.82, 2.24) is 0 Å². The highest BCUT2D eigenvalue weighted by Crippen LogP contribution is 2.45. The fourth-order valence-electron chi connectivity index (χ4n) is 1.10. The molecule has 0 aromatic carbocycles. The van der Waals surface area contributed by atoms with Gasteiger partial charge in [0.15, 0.2) is 0 Å². The summed E-state index contributed by atoms with van der Waals surface area (Å²) in [6.45, 7) is 4.04. The Hall–Kier alpha value is 0.240. The van der Waals surface area contributed by atoms with Crippen LogP contribution in [0.25, 0.3) is 9.40 Å². The van der Waals surface area contributed by atoms with E-state index in [4.69, 9.17) is 23.2 Å². The summed E-state index contributed by atoms with van der Waals surface area (Å²) in [7, 11) is 0. The Kier molecular flexibility index (Phi) is 2.11. The number of hydrogen-bond acceptors (Lipinski definition) is 2. The SMILES string of the molecule is Cc1sc2c(Cl)c(C)sc2c1Cl. The molecule has 0 nitrogen and oxygen atoms in total. The van der Waals surface area contributed by atoms with Crippen molar-refractivity contribution in [2.24, 2.45) is 0 Å². The highest BCUT2D eigenvalue weighted by molar-refractivity contribution is 7.29. The molecule has 0 saturated heterocycles. The van der Waals surface area contributed by atoms with E-state index in [0.29, 0.717) is 0 Å². The first-order valence-corrected chi connectivity index (χ1v) is 5.83. The van der Waals surface area contributed by atoms with Crippen molar-refractivity contribution in [3.05, 3.63) is 19.8 Å². The predicted octanol–water partition coefficient (Wildman–Crippen LogP) is 4.89. The topological polar surface area (TPSA) is 0 Å². The van der Waals surface area contributed by atoms with E-state index in [1.165, 1.54) is 0 Å². The lowest BCUT2D eigenvalue weighted by molar-refractivity contribution is 1.65. The molecule has 0 saturated carbocycles. The largest absolute Gasteiger partial charge is 0.136 e. The summed E-state index contributed by atoms with van der Waals surface area (Å²) in [5.41, 5.74) is 0. The zero-order chi connectivity index (χ0) is 8.88. The lowest BCUT2D eigenvalue weighted by Crippen LogP contribution is -1.58. The van der Waals surface area contributed by atoms with Crippen LogP contribution in [0.1, 0.15) is 9.75 Å². The average molecular weight is 237 g/mol. The Labute approximate surface area is 88.7 Å². The lowest BCUT2D eigenvalue weighted by atomic mass is 10.4. The van der Waals surface area contributed by atoms with Crippen LogP contribution in [0.4, 0.5) is 0 Å². The third kappa shape index (κ3) is 1.10. The maximum absolute atomic E-state index is 6.09. The van der Waals surface area contributed by atoms with E-state index in [1.807, 2.05) is 13.8 Å². The van der Waals surface area contributed by atoms with Gasteiger partial charge in [-0.2, -0.15) is 0 Å². The second-order valence-corrected chi connectivity index (χ2v) is 5.81. The van der Waals surface area contributed by atoms with E-state index in [0.717, 1.165) is 29.2 Å². The van der Waals surface area contributed by atoms with Crippen LogP contribution in [-0.4, -0.2) is 0 Å². The first-order chi connectivity index (χ1) is 5.61. The molecule has 2 heterocycles. The van der Waals surface area contributed by atoms with E-state index < -0.39 is 0 Å². The van der Waals surface area contributed by atoms with Crippen molar-refractivity contribution >= 4 is 55.3 Å². The normalized spacial score (nSPS) is 11.3. The second-order valence-electron chi connectivity index (χ2n) is 2.60. The van der Waals surface area contributed by atoms with Crippen LogP contribution >= 0.6 is 45.9 Å². The molecular formula is C8H6Cl2S2. The second kappa shape index (κ2) is 2.88. The molecule has 2 rings (SSSR count). The molecule has 2 aromatic rings. The van der Waals surface area contributed by atoms with Gasteiger partial charge in [0, 0.05) is 9.75 Å². The van der Waals surface area contributed by atoms with Gasteiger partial charge in [-0.25, -0.2) is 0 Å². The van der Waals surface area contributed by atoms with Crippen LogP contribution in [0, 0.1) is 13.8 Å². The van der Waals surface area contributed by atoms with Gasteiger partial charge in [-0.3, -0.25) is 0 Å². The summed E-state index contributed by atoms with van der Waals surface area (Å²) >= 11 is 15.5. The van der Waals surface area contributed by atoms with Crippen LogP contribution in [0.2, 0.25) is 10.0 Å². The molecule has 0 bridgehead atoms. The van der Waals surface area contributed by atoms with Gasteiger partial charge < -0.3 is 0 Å². The molecule has 0 unspecified atom stereocenters. The monoisotopic (exact) mass is 236 g/mol. The lowest BCUT2D eigenvalue weighted by Gasteiger charge is -1.84. The van der Waals surface area contributed by atoms with Crippen LogP contribution in [0.5, 0.6) is 0 Å². The molecule has 0 aliphatic rings. The Morgan fingerprint density at radius 2 is 1.17 bits per heavy atom. The van der Waals surface area contributed by atoms with Gasteiger partial charge in [-0.1, -0.05) is 23.2 Å². The standard InChI is InChI=1S/C8H6Cl2S2/c1-3-5(9)7-8(11-3)6(10)4(2)12-7/h1-2H3. The summed E-state index contributed by atoms with van der Waals surface area (Å²) in [5, 5.41) is 1.74. The van der Waals surface area contributed by atoms with Crippen LogP contribution in [-0.2, 0) is 0 Å². The maximum Gasteiger partial charge on any atom is 0.0721 e. The minimum absolute atomic E-state index is 0.870. The van der Waals surface area contributed by atoms with Gasteiger partial charge in [0.05, 0.1) is 19.4 Å². The molecule has 2 aromatic heterocycles. The summed E-state index contributed by atoms with van der Waals surface area (Å²) in [4.78, 5) is 2.31. The highest BCUT2D eigenvalue weighted by Gasteiger charge is 2.14. The van der Waals surface area contributed by atoms with E-state index >= 15 is 0 Å². The minimum Gasteiger partial charge on any atom is -0.136 e. The summed E-state index contributed by atoms with van der Waals surface area (Å²) in [6, 6.07) is 0. The molecule has 0 spiro atoms. The summed E-state index contributed by atoms with van der Waals surface area (Å²) < 4.78 is 2.28. The van der Waals surface area contributed by atoms with Gasteiger partial charge in [0.2, 0.25) is 0 Å². The molecule has 64 valence electrons. The predicted molar refractivity (Wildman–Crippen MR) is 59.2 cm³/mol. The molecule has 0 N–H and O–H groups in total. The van der Waals surface area contributed by atoms with Crippen molar-refractivity contribution in [1.29, 1.82) is 0 Å². The summed E-state index contributed by atoms with van der Waals surface area (Å²) in [5.74, 6) is 0. The molecule has 0 fully saturated rings. The van der Waals surface area contributed by atoms with Crippen molar-refractivity contribution in [3.63, 3.8) is 0 Å². The number of aryl methyl sites for hydroxylation is 2. The van der Waals surface area contributed by atoms with Gasteiger partial charge in [0.1, 0.15) is 0 Å². The third-order valence-corrected chi connectivity index (χ3v) is 5.50. The van der Waals surface area contributed by atoms with Gasteiger partial charge >= 0.3 is 0 Å². The van der Waals surface area contributed by atoms with Crippen molar-refractivity contribution in [3.8, 4) is 0 Å². The molecular weight excluding hydrogens is 231 g/mol. The fourth-order valence-corrected chi connectivity index (χ4v) is 4.11. The Morgan fingerprint density at radius 1 is 0.833 bits per heavy atom. The number of thiophene rings is 2. The van der Waals surface area contributed by atoms with E-state index in [9.17, 15) is 0 Å². The smallest absolute Gasteiger partial charge is 0.0721 e. The molecule has 12 heavy (non-hydrogen) atoms. The molecule has 0 amide bonds. The first-order valence-electron chi connectivity index (χ1n) is 3.44. The molecule has 0 aliphatic heterocycles. The zero-order valence-corrected chi connectivity index (χ0v) is 9.72. The Morgan fingerprint density at radius 3 is 1.50 bits per heavy atom. The number of hydrogen-bond donors (Lipinski definition) is 0. The van der Waals surface area contributed by atoms with Crippen LogP contribution in [0.3, 0.4) is 0 Å². The summed E-state index contributed by atoms with van der Waals surface area (Å²) in [6.07, 6.45) is 0. The Balaban J connectivity index is 2.93. The van der Waals surface area contributed by atoms with Crippen LogP contribution < -0.4 is 0 Å². The van der Waals surface area contributed by atoms with E-state index in [-0.39, 0.29) is 0 Å². The zero-order valence-electron chi connectivity index (χ0n) is 6.57. The van der Waals surface area contributed by atoms with E-state index in [1.54, 1.807) is 22.7 Å². The minimum atomic E-state index is 0.870. The van der Waals surface area contributed by atoms with Crippen molar-refractivity contribution < 1.29 is 0 Å². The van der Waals surface area contributed by atoms with Gasteiger partial charge in [0.25, 0.3) is 0 Å². The third-order valence-electron chi connectivity index (χ3n) is 1.73. The number of rotatable bonds is 0. The van der Waals surface area contributed by atoms with Crippen molar-refractivity contribution in [2.45, 2.75) is 13.8 Å². The average Bonchev–Trinajstić information content (AvgIpc) is 2.43. The van der Waals surface area contributed by atoms with Crippen LogP contribution in [0.15, 0.2) is 0 Å². The maximum atomic E-state index is 6.09. The van der Waals surface area contributed by atoms with E-state index in [2.05, 4.69) is 0 Å². The van der Waals surface area contributed by atoms with Crippen molar-refractivity contribution in [2.75, 3.05) is 0 Å². The molecule has 0 aliphatic carbocycles. The molecule has 0 radical (unpaired) electrons. The van der Waals surface area contributed by atoms with Gasteiger partial charge in [-0.05, 0) is 13.8 Å². The molecule has 4 heteroatoms. The number of halogens is 2. The molecule has 0 atom stereocenters.